The van der Waals surface area contributed by atoms with Gasteiger partial charge in [0.1, 0.15) is 0 Å². The van der Waals surface area contributed by atoms with E-state index in [1.54, 1.807) is 30.3 Å². The summed E-state index contributed by atoms with van der Waals surface area (Å²) in [5.74, 6) is -1.35. The van der Waals surface area contributed by atoms with Crippen molar-refractivity contribution in [1.29, 1.82) is 0 Å². The Morgan fingerprint density at radius 3 is 2.48 bits per heavy atom. The molecule has 0 aliphatic heterocycles. The maximum atomic E-state index is 12.2. The molecule has 6 nitrogen and oxygen atoms in total. The van der Waals surface area contributed by atoms with E-state index in [0.29, 0.717) is 16.3 Å². The van der Waals surface area contributed by atoms with Crippen LogP contribution < -0.4 is 5.32 Å². The number of carbonyl (C=O) groups is 2. The number of hydrogen-bond acceptors (Lipinski definition) is 4. The van der Waals surface area contributed by atoms with Crippen LogP contribution in [0.3, 0.4) is 0 Å². The van der Waals surface area contributed by atoms with Crippen LogP contribution in [-0.2, 0) is 4.79 Å². The smallest absolute Gasteiger partial charge is 0.305 e. The molecule has 1 aromatic carbocycles. The van der Waals surface area contributed by atoms with Gasteiger partial charge in [-0.25, -0.2) is 0 Å². The Bertz CT molecular complexity index is 694. The highest BCUT2D eigenvalue weighted by Crippen LogP contribution is 2.21. The highest BCUT2D eigenvalue weighted by atomic mass is 35.5. The molecule has 2 aromatic rings. The molecular formula is C16H17ClN2O4. The third-order valence-electron chi connectivity index (χ3n) is 3.30. The lowest BCUT2D eigenvalue weighted by molar-refractivity contribution is -0.137. The molecule has 0 aliphatic rings. The van der Waals surface area contributed by atoms with Gasteiger partial charge >= 0.3 is 5.97 Å². The molecule has 1 atom stereocenters. The van der Waals surface area contributed by atoms with Crippen molar-refractivity contribution in [3.63, 3.8) is 0 Å². The van der Waals surface area contributed by atoms with Crippen LogP contribution in [0.1, 0.15) is 54.0 Å². The first kappa shape index (κ1) is 17.0. The van der Waals surface area contributed by atoms with Crippen LogP contribution in [0.15, 0.2) is 34.9 Å². The van der Waals surface area contributed by atoms with E-state index in [2.05, 4.69) is 10.5 Å². The highest BCUT2D eigenvalue weighted by Gasteiger charge is 2.22. The molecule has 0 radical (unpaired) electrons. The minimum Gasteiger partial charge on any atom is -0.481 e. The van der Waals surface area contributed by atoms with Gasteiger partial charge in [-0.1, -0.05) is 42.7 Å². The molecule has 0 saturated carbocycles. The standard InChI is InChI=1S/C16H17ClN2O4/c1-9(2)12-7-14(23-19-12)16(22)18-13(8-15(20)21)10-3-5-11(17)6-4-10/h3-7,9,13H,8H2,1-2H3,(H,18,22)(H,20,21)/t13-/m0/s1. The number of carboxylic acid groups (broad SMARTS) is 1. The number of nitrogens with zero attached hydrogens (tertiary/aromatic N) is 1. The first-order chi connectivity index (χ1) is 10.9. The van der Waals surface area contributed by atoms with Gasteiger partial charge in [-0.2, -0.15) is 0 Å². The maximum absolute atomic E-state index is 12.2. The molecule has 0 fully saturated rings. The van der Waals surface area contributed by atoms with Gasteiger partial charge in [-0.3, -0.25) is 9.59 Å². The van der Waals surface area contributed by atoms with Crippen molar-refractivity contribution < 1.29 is 19.2 Å². The molecule has 1 aromatic heterocycles. The second-order valence-electron chi connectivity index (χ2n) is 5.45. The van der Waals surface area contributed by atoms with Crippen molar-refractivity contribution in [3.05, 3.63) is 52.4 Å². The summed E-state index contributed by atoms with van der Waals surface area (Å²) in [6.07, 6.45) is -0.251. The zero-order valence-corrected chi connectivity index (χ0v) is 13.5. The predicted molar refractivity (Wildman–Crippen MR) is 84.5 cm³/mol. The fourth-order valence-electron chi connectivity index (χ4n) is 2.02. The molecule has 23 heavy (non-hydrogen) atoms. The van der Waals surface area contributed by atoms with Gasteiger partial charge in [-0.05, 0) is 23.6 Å². The lowest BCUT2D eigenvalue weighted by atomic mass is 10.0. The maximum Gasteiger partial charge on any atom is 0.305 e. The van der Waals surface area contributed by atoms with Crippen molar-refractivity contribution >= 4 is 23.5 Å². The summed E-state index contributed by atoms with van der Waals surface area (Å²) in [7, 11) is 0. The van der Waals surface area contributed by atoms with Gasteiger partial charge in [0.05, 0.1) is 18.2 Å². The molecular weight excluding hydrogens is 320 g/mol. The number of aromatic nitrogens is 1. The van der Waals surface area contributed by atoms with Crippen LogP contribution in [0.5, 0.6) is 0 Å². The molecule has 0 aliphatic carbocycles. The third kappa shape index (κ3) is 4.56. The van der Waals surface area contributed by atoms with E-state index in [0.717, 1.165) is 0 Å². The van der Waals surface area contributed by atoms with Gasteiger partial charge in [0.2, 0.25) is 5.76 Å². The Morgan fingerprint density at radius 1 is 1.30 bits per heavy atom. The van der Waals surface area contributed by atoms with E-state index in [9.17, 15) is 9.59 Å². The number of carboxylic acids is 1. The number of nitrogens with one attached hydrogen (secondary N) is 1. The summed E-state index contributed by atoms with van der Waals surface area (Å²) in [4.78, 5) is 23.3. The predicted octanol–water partition coefficient (Wildman–Crippen LogP) is 3.40. The molecule has 1 amide bonds. The number of benzene rings is 1. The Kier molecular flexibility index (Phi) is 5.39. The molecule has 0 spiro atoms. The molecule has 0 saturated heterocycles. The number of rotatable bonds is 6. The van der Waals surface area contributed by atoms with Gasteiger partial charge in [0.15, 0.2) is 0 Å². The Hall–Kier alpha value is -2.34. The van der Waals surface area contributed by atoms with E-state index in [4.69, 9.17) is 21.2 Å². The van der Waals surface area contributed by atoms with Crippen molar-refractivity contribution in [1.82, 2.24) is 10.5 Å². The van der Waals surface area contributed by atoms with Crippen molar-refractivity contribution in [3.8, 4) is 0 Å². The van der Waals surface area contributed by atoms with Crippen LogP contribution in [0.25, 0.3) is 0 Å². The molecule has 0 bridgehead atoms. The van der Waals surface area contributed by atoms with Crippen LogP contribution in [-0.4, -0.2) is 22.1 Å². The summed E-state index contributed by atoms with van der Waals surface area (Å²) >= 11 is 5.83. The Morgan fingerprint density at radius 2 is 1.96 bits per heavy atom. The fourth-order valence-corrected chi connectivity index (χ4v) is 2.15. The molecule has 2 N–H and O–H groups in total. The molecule has 2 rings (SSSR count). The largest absolute Gasteiger partial charge is 0.481 e. The molecule has 0 unspecified atom stereocenters. The van der Waals surface area contributed by atoms with Crippen LogP contribution in [0, 0.1) is 0 Å². The minimum absolute atomic E-state index is 0.0538. The van der Waals surface area contributed by atoms with Crippen LogP contribution in [0.4, 0.5) is 0 Å². The summed E-state index contributed by atoms with van der Waals surface area (Å²) in [5.41, 5.74) is 1.31. The zero-order valence-electron chi connectivity index (χ0n) is 12.7. The van der Waals surface area contributed by atoms with Gasteiger partial charge in [0.25, 0.3) is 5.91 Å². The van der Waals surface area contributed by atoms with Crippen LogP contribution >= 0.6 is 11.6 Å². The lowest BCUT2D eigenvalue weighted by Gasteiger charge is -2.16. The molecule has 7 heteroatoms. The van der Waals surface area contributed by atoms with Gasteiger partial charge < -0.3 is 14.9 Å². The number of aliphatic carboxylic acids is 1. The number of carbonyl (C=O) groups excluding carboxylic acids is 1. The third-order valence-corrected chi connectivity index (χ3v) is 3.55. The van der Waals surface area contributed by atoms with Crippen molar-refractivity contribution in [2.45, 2.75) is 32.2 Å². The first-order valence-corrected chi connectivity index (χ1v) is 7.49. The quantitative estimate of drug-likeness (QED) is 0.843. The van der Waals surface area contributed by atoms with Gasteiger partial charge in [0, 0.05) is 11.1 Å². The average Bonchev–Trinajstić information content (AvgIpc) is 2.97. The second kappa shape index (κ2) is 7.28. The summed E-state index contributed by atoms with van der Waals surface area (Å²) in [6.45, 7) is 3.86. The summed E-state index contributed by atoms with van der Waals surface area (Å²) < 4.78 is 5.02. The topological polar surface area (TPSA) is 92.4 Å². The Balaban J connectivity index is 2.17. The average molecular weight is 337 g/mol. The van der Waals surface area contributed by atoms with E-state index < -0.39 is 17.9 Å². The lowest BCUT2D eigenvalue weighted by Crippen LogP contribution is -2.30. The number of halogens is 1. The zero-order chi connectivity index (χ0) is 17.0. The summed E-state index contributed by atoms with van der Waals surface area (Å²) in [5, 5.41) is 16.1. The van der Waals surface area contributed by atoms with Crippen molar-refractivity contribution in [2.75, 3.05) is 0 Å². The first-order valence-electron chi connectivity index (χ1n) is 7.11. The summed E-state index contributed by atoms with van der Waals surface area (Å²) in [6, 6.07) is 7.50. The SMILES string of the molecule is CC(C)c1cc(C(=O)N[C@@H](CC(=O)O)c2ccc(Cl)cc2)on1. The second-order valence-corrected chi connectivity index (χ2v) is 5.88. The Labute approximate surface area is 138 Å². The molecule has 1 heterocycles. The molecule has 122 valence electrons. The number of hydrogen-bond donors (Lipinski definition) is 2. The normalized spacial score (nSPS) is 12.2. The van der Waals surface area contributed by atoms with E-state index in [1.165, 1.54) is 0 Å². The van der Waals surface area contributed by atoms with E-state index in [-0.39, 0.29) is 18.1 Å². The van der Waals surface area contributed by atoms with E-state index in [1.807, 2.05) is 13.8 Å². The monoisotopic (exact) mass is 336 g/mol. The number of amides is 1. The van der Waals surface area contributed by atoms with Gasteiger partial charge in [-0.15, -0.1) is 0 Å². The highest BCUT2D eigenvalue weighted by molar-refractivity contribution is 6.30. The van der Waals surface area contributed by atoms with Crippen molar-refractivity contribution in [2.24, 2.45) is 0 Å². The van der Waals surface area contributed by atoms with Crippen LogP contribution in [0.2, 0.25) is 5.02 Å². The fraction of sp³-hybridized carbons (Fsp3) is 0.312. The van der Waals surface area contributed by atoms with E-state index >= 15 is 0 Å². The minimum atomic E-state index is -1.02.